The molecule has 1 heterocycles. The Labute approximate surface area is 90.0 Å². The van der Waals surface area contributed by atoms with E-state index in [1.54, 1.807) is 4.90 Å². The molecule has 1 aliphatic heterocycles. The van der Waals surface area contributed by atoms with Gasteiger partial charge in [-0.2, -0.15) is 0 Å². The highest BCUT2D eigenvalue weighted by Crippen LogP contribution is 2.13. The molecule has 0 atom stereocenters. The number of rotatable bonds is 1. The number of amides is 1. The van der Waals surface area contributed by atoms with E-state index in [9.17, 15) is 4.79 Å². The Hall–Kier alpha value is -1.26. The van der Waals surface area contributed by atoms with Crippen molar-refractivity contribution in [1.29, 1.82) is 0 Å². The number of hydrogen-bond donors (Lipinski definition) is 0. The molecule has 1 aliphatic rings. The van der Waals surface area contributed by atoms with Crippen LogP contribution in [0.5, 0.6) is 0 Å². The van der Waals surface area contributed by atoms with Crippen molar-refractivity contribution in [3.8, 4) is 0 Å². The lowest BCUT2D eigenvalue weighted by atomic mass is 10.2. The Kier molecular flexibility index (Phi) is 3.55. The second kappa shape index (κ2) is 4.51. The van der Waals surface area contributed by atoms with Gasteiger partial charge in [-0.15, -0.1) is 0 Å². The van der Waals surface area contributed by atoms with Gasteiger partial charge in [-0.05, 0) is 20.8 Å². The smallest absolute Gasteiger partial charge is 0.410 e. The van der Waals surface area contributed by atoms with Crippen LogP contribution in [0.4, 0.5) is 4.79 Å². The molecule has 0 saturated carbocycles. The molecular weight excluding hydrogens is 196 g/mol. The molecule has 1 rings (SSSR count). The molecule has 1 fully saturated rings. The Morgan fingerprint density at radius 1 is 1.47 bits per heavy atom. The number of carbonyl (C=O) groups excluding carboxylic acids is 1. The molecule has 5 nitrogen and oxygen atoms in total. The predicted octanol–water partition coefficient (Wildman–Crippen LogP) is 1.63. The highest BCUT2D eigenvalue weighted by Gasteiger charge is 2.27. The third kappa shape index (κ3) is 3.77. The van der Waals surface area contributed by atoms with Gasteiger partial charge in [-0.3, -0.25) is 0 Å². The van der Waals surface area contributed by atoms with Crippen molar-refractivity contribution in [1.82, 2.24) is 4.90 Å². The average molecular weight is 214 g/mol. The van der Waals surface area contributed by atoms with Crippen LogP contribution in [0.3, 0.4) is 0 Å². The maximum absolute atomic E-state index is 11.6. The number of ether oxygens (including phenoxy) is 1. The largest absolute Gasteiger partial charge is 0.444 e. The quantitative estimate of drug-likeness (QED) is 0.623. The maximum atomic E-state index is 11.6. The fraction of sp³-hybridized carbons (Fsp3) is 0.800. The van der Waals surface area contributed by atoms with Gasteiger partial charge in [-0.25, -0.2) is 4.79 Å². The minimum Gasteiger partial charge on any atom is -0.444 e. The fourth-order valence-corrected chi connectivity index (χ4v) is 1.33. The summed E-state index contributed by atoms with van der Waals surface area (Å²) in [5.74, 6) is 0. The SMILES string of the molecule is CON=C1CCN(C(=O)OC(C)(C)C)C1. The molecular formula is C10H18N2O3. The van der Waals surface area contributed by atoms with Crippen molar-refractivity contribution in [2.24, 2.45) is 5.16 Å². The minimum atomic E-state index is -0.446. The van der Waals surface area contributed by atoms with E-state index in [2.05, 4.69) is 9.99 Å². The molecule has 15 heavy (non-hydrogen) atoms. The van der Waals surface area contributed by atoms with E-state index in [0.717, 1.165) is 12.1 Å². The number of oxime groups is 1. The van der Waals surface area contributed by atoms with Crippen molar-refractivity contribution in [3.05, 3.63) is 0 Å². The van der Waals surface area contributed by atoms with E-state index < -0.39 is 5.60 Å². The highest BCUT2D eigenvalue weighted by atomic mass is 16.6. The van der Waals surface area contributed by atoms with Crippen molar-refractivity contribution in [3.63, 3.8) is 0 Å². The van der Waals surface area contributed by atoms with Crippen LogP contribution < -0.4 is 0 Å². The van der Waals surface area contributed by atoms with Crippen LogP contribution in [0.1, 0.15) is 27.2 Å². The molecule has 0 spiro atoms. The first-order chi connectivity index (χ1) is 6.92. The van der Waals surface area contributed by atoms with Crippen molar-refractivity contribution in [2.45, 2.75) is 32.8 Å². The van der Waals surface area contributed by atoms with Gasteiger partial charge in [-0.1, -0.05) is 5.16 Å². The average Bonchev–Trinajstić information content (AvgIpc) is 2.50. The second-order valence-electron chi connectivity index (χ2n) is 4.49. The van der Waals surface area contributed by atoms with E-state index >= 15 is 0 Å². The summed E-state index contributed by atoms with van der Waals surface area (Å²) in [5.41, 5.74) is 0.432. The van der Waals surface area contributed by atoms with Gasteiger partial charge >= 0.3 is 6.09 Å². The lowest BCUT2D eigenvalue weighted by Gasteiger charge is -2.23. The van der Waals surface area contributed by atoms with Crippen molar-refractivity contribution < 1.29 is 14.4 Å². The van der Waals surface area contributed by atoms with Crippen LogP contribution in [0.25, 0.3) is 0 Å². The van der Waals surface area contributed by atoms with E-state index in [1.807, 2.05) is 20.8 Å². The molecule has 1 amide bonds. The topological polar surface area (TPSA) is 51.1 Å². The van der Waals surface area contributed by atoms with Crippen LogP contribution in [0.2, 0.25) is 0 Å². The zero-order valence-corrected chi connectivity index (χ0v) is 9.74. The second-order valence-corrected chi connectivity index (χ2v) is 4.49. The van der Waals surface area contributed by atoms with E-state index in [-0.39, 0.29) is 6.09 Å². The van der Waals surface area contributed by atoms with E-state index in [4.69, 9.17) is 4.74 Å². The van der Waals surface area contributed by atoms with Crippen LogP contribution in [0, 0.1) is 0 Å². The first-order valence-electron chi connectivity index (χ1n) is 4.99. The summed E-state index contributed by atoms with van der Waals surface area (Å²) < 4.78 is 5.24. The van der Waals surface area contributed by atoms with E-state index in [1.165, 1.54) is 7.11 Å². The molecule has 0 aromatic rings. The Bertz CT molecular complexity index is 268. The van der Waals surface area contributed by atoms with Gasteiger partial charge in [0.05, 0.1) is 12.3 Å². The van der Waals surface area contributed by atoms with E-state index in [0.29, 0.717) is 13.1 Å². The van der Waals surface area contributed by atoms with Gasteiger partial charge in [0.15, 0.2) is 0 Å². The number of nitrogens with zero attached hydrogens (tertiary/aromatic N) is 2. The zero-order chi connectivity index (χ0) is 11.5. The fourth-order valence-electron chi connectivity index (χ4n) is 1.33. The summed E-state index contributed by atoms with van der Waals surface area (Å²) in [4.78, 5) is 17.9. The Morgan fingerprint density at radius 2 is 2.13 bits per heavy atom. The lowest BCUT2D eigenvalue weighted by Crippen LogP contribution is -2.35. The Morgan fingerprint density at radius 3 is 2.67 bits per heavy atom. The van der Waals surface area contributed by atoms with Crippen LogP contribution in [-0.2, 0) is 9.57 Å². The van der Waals surface area contributed by atoms with Crippen LogP contribution >= 0.6 is 0 Å². The molecule has 0 aromatic carbocycles. The molecule has 0 aromatic heterocycles. The van der Waals surface area contributed by atoms with Crippen molar-refractivity contribution >= 4 is 11.8 Å². The Balaban J connectivity index is 2.47. The van der Waals surface area contributed by atoms with Gasteiger partial charge in [0.2, 0.25) is 0 Å². The van der Waals surface area contributed by atoms with Crippen LogP contribution in [0.15, 0.2) is 5.16 Å². The summed E-state index contributed by atoms with van der Waals surface area (Å²) >= 11 is 0. The lowest BCUT2D eigenvalue weighted by molar-refractivity contribution is 0.0302. The predicted molar refractivity (Wildman–Crippen MR) is 56.9 cm³/mol. The monoisotopic (exact) mass is 214 g/mol. The number of likely N-dealkylation sites (tertiary alicyclic amines) is 1. The normalized spacial score (nSPS) is 19.5. The molecule has 0 unspecified atom stereocenters. The van der Waals surface area contributed by atoms with Gasteiger partial charge < -0.3 is 14.5 Å². The molecule has 0 aliphatic carbocycles. The molecule has 5 heteroatoms. The third-order valence-corrected chi connectivity index (χ3v) is 1.92. The molecule has 1 saturated heterocycles. The minimum absolute atomic E-state index is 0.288. The zero-order valence-electron chi connectivity index (χ0n) is 9.74. The molecule has 0 radical (unpaired) electrons. The number of carbonyl (C=O) groups is 1. The van der Waals surface area contributed by atoms with Gasteiger partial charge in [0.25, 0.3) is 0 Å². The van der Waals surface area contributed by atoms with Gasteiger partial charge in [0.1, 0.15) is 12.7 Å². The highest BCUT2D eigenvalue weighted by molar-refractivity contribution is 5.91. The molecule has 86 valence electrons. The first-order valence-corrected chi connectivity index (χ1v) is 4.99. The summed E-state index contributed by atoms with van der Waals surface area (Å²) in [7, 11) is 1.50. The standard InChI is InChI=1S/C10H18N2O3/c1-10(2,3)15-9(13)12-6-5-8(7-12)11-14-4/h5-7H2,1-4H3. The summed E-state index contributed by atoms with van der Waals surface area (Å²) in [6, 6.07) is 0. The molecule has 0 N–H and O–H groups in total. The van der Waals surface area contributed by atoms with Crippen LogP contribution in [-0.4, -0.2) is 42.5 Å². The summed E-state index contributed by atoms with van der Waals surface area (Å²) in [5, 5.41) is 3.82. The first kappa shape index (κ1) is 11.8. The van der Waals surface area contributed by atoms with Crippen molar-refractivity contribution in [2.75, 3.05) is 20.2 Å². The maximum Gasteiger partial charge on any atom is 0.410 e. The molecule has 0 bridgehead atoms. The summed E-state index contributed by atoms with van der Waals surface area (Å²) in [6.07, 6.45) is 0.469. The van der Waals surface area contributed by atoms with Gasteiger partial charge in [0, 0.05) is 13.0 Å². The summed E-state index contributed by atoms with van der Waals surface area (Å²) in [6.45, 7) is 6.71. The third-order valence-electron chi connectivity index (χ3n) is 1.92. The number of hydrogen-bond acceptors (Lipinski definition) is 4.